The Morgan fingerprint density at radius 3 is 2.59 bits per heavy atom. The van der Waals surface area contributed by atoms with Crippen molar-refractivity contribution in [2.75, 3.05) is 7.05 Å². The first-order chi connectivity index (χ1) is 10.3. The van der Waals surface area contributed by atoms with Crippen molar-refractivity contribution >= 4 is 6.09 Å². The average molecular weight is 316 g/mol. The minimum Gasteiger partial charge on any atom is -0.465 e. The highest BCUT2D eigenvalue weighted by atomic mass is 19.4. The van der Waals surface area contributed by atoms with E-state index in [-0.39, 0.29) is 18.0 Å². The molecule has 0 spiro atoms. The Kier molecular flexibility index (Phi) is 4.95. The Hall–Kier alpha value is -1.76. The van der Waals surface area contributed by atoms with E-state index in [0.29, 0.717) is 24.8 Å². The van der Waals surface area contributed by atoms with Crippen LogP contribution in [0.4, 0.5) is 18.0 Å². The van der Waals surface area contributed by atoms with Crippen molar-refractivity contribution in [3.63, 3.8) is 0 Å². The van der Waals surface area contributed by atoms with Crippen LogP contribution >= 0.6 is 0 Å². The number of nitrogens with one attached hydrogen (secondary N) is 2. The zero-order valence-corrected chi connectivity index (χ0v) is 12.2. The third-order valence-electron chi connectivity index (χ3n) is 4.22. The van der Waals surface area contributed by atoms with Crippen LogP contribution in [-0.2, 0) is 6.18 Å². The number of alkyl halides is 3. The van der Waals surface area contributed by atoms with Gasteiger partial charge in [0.1, 0.15) is 0 Å². The molecule has 3 N–H and O–H groups in total. The Morgan fingerprint density at radius 1 is 1.27 bits per heavy atom. The molecule has 1 saturated carbocycles. The highest BCUT2D eigenvalue weighted by molar-refractivity contribution is 5.65. The van der Waals surface area contributed by atoms with Crippen LogP contribution in [0.3, 0.4) is 0 Å². The number of carboxylic acid groups (broad SMARTS) is 1. The quantitative estimate of drug-likeness (QED) is 0.802. The van der Waals surface area contributed by atoms with Crippen LogP contribution < -0.4 is 10.6 Å². The fourth-order valence-electron chi connectivity index (χ4n) is 3.09. The summed E-state index contributed by atoms with van der Waals surface area (Å²) in [6, 6.07) is 5.08. The maximum absolute atomic E-state index is 12.8. The fourth-order valence-corrected chi connectivity index (χ4v) is 3.09. The highest BCUT2D eigenvalue weighted by Gasteiger charge is 2.34. The largest absolute Gasteiger partial charge is 0.465 e. The normalized spacial score (nSPS) is 25.7. The van der Waals surface area contributed by atoms with Gasteiger partial charge < -0.3 is 15.7 Å². The van der Waals surface area contributed by atoms with Crippen molar-refractivity contribution in [2.45, 2.75) is 43.4 Å². The topological polar surface area (TPSA) is 61.4 Å². The SMILES string of the molecule is CN[C@H]1C[C@@H](c2cccc(C(F)(F)F)c2)CC[C@@H]1NC(=O)O. The molecule has 1 fully saturated rings. The number of hydrogen-bond donors (Lipinski definition) is 3. The summed E-state index contributed by atoms with van der Waals surface area (Å²) in [5.41, 5.74) is 0.0145. The van der Waals surface area contributed by atoms with Gasteiger partial charge in [0.2, 0.25) is 0 Å². The summed E-state index contributed by atoms with van der Waals surface area (Å²) in [6.45, 7) is 0. The van der Waals surface area contributed by atoms with Crippen molar-refractivity contribution in [1.29, 1.82) is 0 Å². The first-order valence-electron chi connectivity index (χ1n) is 7.15. The summed E-state index contributed by atoms with van der Waals surface area (Å²) >= 11 is 0. The van der Waals surface area contributed by atoms with Crippen LogP contribution in [0.25, 0.3) is 0 Å². The molecule has 0 heterocycles. The smallest absolute Gasteiger partial charge is 0.416 e. The first-order valence-corrected chi connectivity index (χ1v) is 7.15. The first kappa shape index (κ1) is 16.6. The van der Waals surface area contributed by atoms with E-state index in [2.05, 4.69) is 10.6 Å². The third kappa shape index (κ3) is 3.91. The van der Waals surface area contributed by atoms with Crippen LogP contribution in [0, 0.1) is 0 Å². The molecule has 4 nitrogen and oxygen atoms in total. The van der Waals surface area contributed by atoms with Gasteiger partial charge >= 0.3 is 12.3 Å². The molecule has 0 radical (unpaired) electrons. The summed E-state index contributed by atoms with van der Waals surface area (Å²) in [7, 11) is 1.73. The molecule has 1 aromatic rings. The number of rotatable bonds is 3. The number of amides is 1. The molecule has 122 valence electrons. The molecule has 0 unspecified atom stereocenters. The minimum atomic E-state index is -4.35. The van der Waals surface area contributed by atoms with E-state index in [1.807, 2.05) is 0 Å². The van der Waals surface area contributed by atoms with Gasteiger partial charge in [-0.05, 0) is 43.9 Å². The molecule has 1 aromatic carbocycles. The van der Waals surface area contributed by atoms with Gasteiger partial charge in [0.15, 0.2) is 0 Å². The lowest BCUT2D eigenvalue weighted by molar-refractivity contribution is -0.137. The van der Waals surface area contributed by atoms with Crippen LogP contribution in [0.15, 0.2) is 24.3 Å². The molecule has 22 heavy (non-hydrogen) atoms. The Bertz CT molecular complexity index is 534. The van der Waals surface area contributed by atoms with Crippen LogP contribution in [0.5, 0.6) is 0 Å². The maximum atomic E-state index is 12.8. The maximum Gasteiger partial charge on any atom is 0.416 e. The zero-order chi connectivity index (χ0) is 16.3. The van der Waals surface area contributed by atoms with Crippen molar-refractivity contribution in [2.24, 2.45) is 0 Å². The predicted molar refractivity (Wildman–Crippen MR) is 75.8 cm³/mol. The van der Waals surface area contributed by atoms with E-state index in [1.165, 1.54) is 12.1 Å². The van der Waals surface area contributed by atoms with Crippen molar-refractivity contribution in [1.82, 2.24) is 10.6 Å². The standard InChI is InChI=1S/C15H19F3N2O2/c1-19-13-8-10(5-6-12(13)20-14(21)22)9-3-2-4-11(7-9)15(16,17)18/h2-4,7,10,12-13,19-20H,5-6,8H2,1H3,(H,21,22)/t10-,12-,13-/m0/s1. The van der Waals surface area contributed by atoms with Gasteiger partial charge in [0.05, 0.1) is 5.56 Å². The van der Waals surface area contributed by atoms with Gasteiger partial charge in [-0.15, -0.1) is 0 Å². The molecule has 2 rings (SSSR count). The van der Waals surface area contributed by atoms with Gasteiger partial charge in [0, 0.05) is 12.1 Å². The summed E-state index contributed by atoms with van der Waals surface area (Å²) in [5.74, 6) is -0.00778. The number of hydrogen-bond acceptors (Lipinski definition) is 2. The van der Waals surface area contributed by atoms with Gasteiger partial charge in [0.25, 0.3) is 0 Å². The molecule has 0 bridgehead atoms. The molecule has 0 aliphatic heterocycles. The lowest BCUT2D eigenvalue weighted by Crippen LogP contribution is -2.51. The number of benzene rings is 1. The predicted octanol–water partition coefficient (Wildman–Crippen LogP) is 3.20. The molecule has 7 heteroatoms. The summed E-state index contributed by atoms with van der Waals surface area (Å²) < 4.78 is 38.4. The molecular formula is C15H19F3N2O2. The van der Waals surface area contributed by atoms with E-state index < -0.39 is 17.8 Å². The number of likely N-dealkylation sites (N-methyl/N-ethyl adjacent to an activating group) is 1. The van der Waals surface area contributed by atoms with Crippen LogP contribution in [0.1, 0.15) is 36.3 Å². The molecule has 1 amide bonds. The molecular weight excluding hydrogens is 297 g/mol. The molecule has 0 saturated heterocycles. The van der Waals surface area contributed by atoms with E-state index in [9.17, 15) is 18.0 Å². The molecule has 1 aliphatic rings. The van der Waals surface area contributed by atoms with Crippen molar-refractivity contribution in [3.8, 4) is 0 Å². The van der Waals surface area contributed by atoms with E-state index in [1.54, 1.807) is 13.1 Å². The Morgan fingerprint density at radius 2 is 2.00 bits per heavy atom. The second-order valence-electron chi connectivity index (χ2n) is 5.58. The second kappa shape index (κ2) is 6.56. The lowest BCUT2D eigenvalue weighted by atomic mass is 9.78. The lowest BCUT2D eigenvalue weighted by Gasteiger charge is -2.36. The number of carbonyl (C=O) groups is 1. The van der Waals surface area contributed by atoms with Gasteiger partial charge in [-0.3, -0.25) is 0 Å². The number of halogens is 3. The van der Waals surface area contributed by atoms with E-state index in [4.69, 9.17) is 5.11 Å². The third-order valence-corrected chi connectivity index (χ3v) is 4.22. The van der Waals surface area contributed by atoms with E-state index in [0.717, 1.165) is 6.07 Å². The summed E-state index contributed by atoms with van der Waals surface area (Å²) in [4.78, 5) is 10.8. The zero-order valence-electron chi connectivity index (χ0n) is 12.2. The second-order valence-corrected chi connectivity index (χ2v) is 5.58. The van der Waals surface area contributed by atoms with Crippen LogP contribution in [0.2, 0.25) is 0 Å². The van der Waals surface area contributed by atoms with E-state index >= 15 is 0 Å². The fraction of sp³-hybridized carbons (Fsp3) is 0.533. The Labute approximate surface area is 126 Å². The molecule has 0 aromatic heterocycles. The monoisotopic (exact) mass is 316 g/mol. The summed E-state index contributed by atoms with van der Waals surface area (Å²) in [6.07, 6.45) is -3.57. The van der Waals surface area contributed by atoms with Gasteiger partial charge in [-0.25, -0.2) is 4.79 Å². The summed E-state index contributed by atoms with van der Waals surface area (Å²) in [5, 5.41) is 14.3. The van der Waals surface area contributed by atoms with Gasteiger partial charge in [-0.1, -0.05) is 18.2 Å². The highest BCUT2D eigenvalue weighted by Crippen LogP contribution is 2.36. The molecule has 1 aliphatic carbocycles. The minimum absolute atomic E-state index is 0.00778. The van der Waals surface area contributed by atoms with Crippen LogP contribution in [-0.4, -0.2) is 30.3 Å². The Balaban J connectivity index is 2.13. The average Bonchev–Trinajstić information content (AvgIpc) is 2.46. The van der Waals surface area contributed by atoms with Crippen molar-refractivity contribution in [3.05, 3.63) is 35.4 Å². The van der Waals surface area contributed by atoms with Gasteiger partial charge in [-0.2, -0.15) is 13.2 Å². The molecule has 3 atom stereocenters. The van der Waals surface area contributed by atoms with Crippen molar-refractivity contribution < 1.29 is 23.1 Å².